The van der Waals surface area contributed by atoms with Crippen LogP contribution in [0.25, 0.3) is 11.1 Å². The molecule has 1 saturated heterocycles. The maximum absolute atomic E-state index is 14.1. The number of amides is 1. The maximum Gasteiger partial charge on any atom is 0.257 e. The van der Waals surface area contributed by atoms with E-state index in [4.69, 9.17) is 10.5 Å². The van der Waals surface area contributed by atoms with Crippen molar-refractivity contribution < 1.29 is 13.9 Å². The summed E-state index contributed by atoms with van der Waals surface area (Å²) < 4.78 is 20.1. The molecule has 1 aliphatic carbocycles. The van der Waals surface area contributed by atoms with Crippen LogP contribution in [0.1, 0.15) is 55.5 Å². The third kappa shape index (κ3) is 7.20. The summed E-state index contributed by atoms with van der Waals surface area (Å²) in [5.74, 6) is -0.375. The van der Waals surface area contributed by atoms with Gasteiger partial charge in [0.05, 0.1) is 6.20 Å². The molecule has 2 aliphatic rings. The summed E-state index contributed by atoms with van der Waals surface area (Å²) in [5, 5.41) is 6.57. The number of nitrogens with one attached hydrogen (secondary N) is 2. The zero-order valence-electron chi connectivity index (χ0n) is 22.7. The van der Waals surface area contributed by atoms with Gasteiger partial charge < -0.3 is 21.1 Å². The standard InChI is InChI=1S/C31H38FN5O2/c1-20-17-37(18-21(2)35-20)19-22-6-8-23(9-7-22)24-4-3-5-28(14-24)39-31-29(15-25(32)16-34-31)30(38)36-27-12-10-26(33)11-13-27/h3-9,14-16,20-21,26-27,35H,10-13,17-19,33H2,1-2H3,(H,36,38)/t20-,21+,26-,27-. The fraction of sp³-hybridized carbons (Fsp3) is 0.419. The molecule has 206 valence electrons. The van der Waals surface area contributed by atoms with Crippen LogP contribution < -0.4 is 21.1 Å². The second kappa shape index (κ2) is 12.2. The van der Waals surface area contributed by atoms with Crippen LogP contribution in [0, 0.1) is 5.82 Å². The SMILES string of the molecule is C[C@@H]1CN(Cc2ccc(-c3cccc(Oc4ncc(F)cc4C(=O)N[C@H]4CC[C@H](N)CC4)c3)cc2)C[C@H](C)N1. The van der Waals surface area contributed by atoms with Crippen molar-refractivity contribution in [3.8, 4) is 22.8 Å². The van der Waals surface area contributed by atoms with Crippen LogP contribution in [0.5, 0.6) is 11.6 Å². The Kier molecular flexibility index (Phi) is 8.55. The number of halogens is 1. The normalized spacial score (nSPS) is 23.8. The number of carbonyl (C=O) groups excluding carboxylic acids is 1. The van der Waals surface area contributed by atoms with Gasteiger partial charge in [0.25, 0.3) is 5.91 Å². The summed E-state index contributed by atoms with van der Waals surface area (Å²) in [5.41, 5.74) is 9.38. The Morgan fingerprint density at radius 3 is 2.49 bits per heavy atom. The summed E-state index contributed by atoms with van der Waals surface area (Å²) in [6, 6.07) is 18.5. The molecule has 39 heavy (non-hydrogen) atoms. The zero-order valence-corrected chi connectivity index (χ0v) is 22.7. The Bertz CT molecular complexity index is 1270. The molecule has 8 heteroatoms. The fourth-order valence-electron chi connectivity index (χ4n) is 5.68. The summed E-state index contributed by atoms with van der Waals surface area (Å²) in [4.78, 5) is 19.6. The minimum atomic E-state index is -0.586. The van der Waals surface area contributed by atoms with E-state index in [0.717, 1.165) is 62.6 Å². The van der Waals surface area contributed by atoms with Gasteiger partial charge in [-0.2, -0.15) is 0 Å². The highest BCUT2D eigenvalue weighted by molar-refractivity contribution is 5.96. The molecule has 2 heterocycles. The van der Waals surface area contributed by atoms with E-state index in [1.54, 1.807) is 6.07 Å². The fourth-order valence-corrected chi connectivity index (χ4v) is 5.68. The van der Waals surface area contributed by atoms with E-state index in [-0.39, 0.29) is 23.5 Å². The Labute approximate surface area is 230 Å². The third-order valence-corrected chi connectivity index (χ3v) is 7.54. The van der Waals surface area contributed by atoms with E-state index >= 15 is 0 Å². The predicted molar refractivity (Wildman–Crippen MR) is 151 cm³/mol. The first kappa shape index (κ1) is 27.2. The number of aromatic nitrogens is 1. The van der Waals surface area contributed by atoms with Crippen molar-refractivity contribution in [2.75, 3.05) is 13.1 Å². The number of nitrogens with zero attached hydrogens (tertiary/aromatic N) is 2. The zero-order chi connectivity index (χ0) is 27.4. The number of hydrogen-bond acceptors (Lipinski definition) is 6. The minimum Gasteiger partial charge on any atom is -0.438 e. The molecule has 7 nitrogen and oxygen atoms in total. The number of pyridine rings is 1. The summed E-state index contributed by atoms with van der Waals surface area (Å²) in [6.45, 7) is 7.46. The Hall–Kier alpha value is -3.33. The number of rotatable bonds is 7. The van der Waals surface area contributed by atoms with E-state index in [1.165, 1.54) is 11.6 Å². The van der Waals surface area contributed by atoms with Crippen LogP contribution in [0.4, 0.5) is 4.39 Å². The average Bonchev–Trinajstić information content (AvgIpc) is 2.91. The first-order chi connectivity index (χ1) is 18.8. The molecule has 1 saturated carbocycles. The lowest BCUT2D eigenvalue weighted by molar-refractivity contribution is 0.0922. The predicted octanol–water partition coefficient (Wildman–Crippen LogP) is 4.86. The van der Waals surface area contributed by atoms with Crippen LogP contribution in [-0.2, 0) is 6.54 Å². The molecule has 2 fully saturated rings. The molecule has 1 aliphatic heterocycles. The van der Waals surface area contributed by atoms with Crippen molar-refractivity contribution in [2.45, 2.75) is 70.2 Å². The van der Waals surface area contributed by atoms with Gasteiger partial charge in [-0.25, -0.2) is 9.37 Å². The third-order valence-electron chi connectivity index (χ3n) is 7.54. The second-order valence-corrected chi connectivity index (χ2v) is 11.1. The Morgan fingerprint density at radius 2 is 1.77 bits per heavy atom. The maximum atomic E-state index is 14.1. The largest absolute Gasteiger partial charge is 0.438 e. The van der Waals surface area contributed by atoms with E-state index < -0.39 is 11.7 Å². The van der Waals surface area contributed by atoms with Gasteiger partial charge in [-0.3, -0.25) is 9.69 Å². The van der Waals surface area contributed by atoms with Crippen molar-refractivity contribution in [1.29, 1.82) is 0 Å². The van der Waals surface area contributed by atoms with Crippen LogP contribution >= 0.6 is 0 Å². The van der Waals surface area contributed by atoms with Gasteiger partial charge in [0.15, 0.2) is 0 Å². The van der Waals surface area contributed by atoms with Crippen molar-refractivity contribution in [3.05, 3.63) is 77.7 Å². The molecule has 0 unspecified atom stereocenters. The topological polar surface area (TPSA) is 92.5 Å². The Balaban J connectivity index is 1.27. The number of benzene rings is 2. The number of nitrogens with two attached hydrogens (primary N) is 1. The molecule has 2 aromatic carbocycles. The molecule has 4 N–H and O–H groups in total. The summed E-state index contributed by atoms with van der Waals surface area (Å²) >= 11 is 0. The van der Waals surface area contributed by atoms with Gasteiger partial charge in [-0.15, -0.1) is 0 Å². The number of hydrogen-bond donors (Lipinski definition) is 3. The van der Waals surface area contributed by atoms with Crippen molar-refractivity contribution in [3.63, 3.8) is 0 Å². The van der Waals surface area contributed by atoms with Gasteiger partial charge in [0.2, 0.25) is 5.88 Å². The highest BCUT2D eigenvalue weighted by atomic mass is 19.1. The lowest BCUT2D eigenvalue weighted by Gasteiger charge is -2.36. The van der Waals surface area contributed by atoms with E-state index in [0.29, 0.717) is 17.8 Å². The van der Waals surface area contributed by atoms with E-state index in [2.05, 4.69) is 58.6 Å². The van der Waals surface area contributed by atoms with Crippen molar-refractivity contribution >= 4 is 5.91 Å². The molecule has 1 amide bonds. The number of piperazine rings is 1. The lowest BCUT2D eigenvalue weighted by atomic mass is 9.91. The first-order valence-electron chi connectivity index (χ1n) is 13.9. The Morgan fingerprint density at radius 1 is 1.05 bits per heavy atom. The van der Waals surface area contributed by atoms with Gasteiger partial charge in [0, 0.05) is 43.8 Å². The molecule has 0 bridgehead atoms. The van der Waals surface area contributed by atoms with E-state index in [1.807, 2.05) is 18.2 Å². The lowest BCUT2D eigenvalue weighted by Crippen LogP contribution is -2.53. The second-order valence-electron chi connectivity index (χ2n) is 11.1. The van der Waals surface area contributed by atoms with Crippen LogP contribution in [0.3, 0.4) is 0 Å². The van der Waals surface area contributed by atoms with Crippen molar-refractivity contribution in [1.82, 2.24) is 20.5 Å². The summed E-state index contributed by atoms with van der Waals surface area (Å²) in [7, 11) is 0. The van der Waals surface area contributed by atoms with Gasteiger partial charge in [-0.05, 0) is 74.4 Å². The highest BCUT2D eigenvalue weighted by Crippen LogP contribution is 2.29. The quantitative estimate of drug-likeness (QED) is 0.403. The highest BCUT2D eigenvalue weighted by Gasteiger charge is 2.24. The monoisotopic (exact) mass is 531 g/mol. The van der Waals surface area contributed by atoms with Gasteiger partial charge in [0.1, 0.15) is 17.1 Å². The van der Waals surface area contributed by atoms with E-state index in [9.17, 15) is 9.18 Å². The molecule has 0 radical (unpaired) electrons. The van der Waals surface area contributed by atoms with Crippen LogP contribution in [-0.4, -0.2) is 53.0 Å². The molecule has 0 spiro atoms. The molecule has 2 atom stereocenters. The van der Waals surface area contributed by atoms with Crippen LogP contribution in [0.2, 0.25) is 0 Å². The molecule has 3 aromatic rings. The average molecular weight is 532 g/mol. The molecule has 5 rings (SSSR count). The number of ether oxygens (including phenoxy) is 1. The molecular formula is C31H38FN5O2. The van der Waals surface area contributed by atoms with Gasteiger partial charge in [-0.1, -0.05) is 36.4 Å². The molecular weight excluding hydrogens is 493 g/mol. The summed E-state index contributed by atoms with van der Waals surface area (Å²) in [6.07, 6.45) is 4.39. The minimum absolute atomic E-state index is 0.0121. The van der Waals surface area contributed by atoms with Gasteiger partial charge >= 0.3 is 0 Å². The molecule has 1 aromatic heterocycles. The van der Waals surface area contributed by atoms with Crippen molar-refractivity contribution in [2.24, 2.45) is 5.73 Å². The first-order valence-corrected chi connectivity index (χ1v) is 13.9. The smallest absolute Gasteiger partial charge is 0.257 e. The number of carbonyl (C=O) groups is 1. The van der Waals surface area contributed by atoms with Crippen LogP contribution in [0.15, 0.2) is 60.8 Å².